The molecule has 2 aromatic rings. The summed E-state index contributed by atoms with van der Waals surface area (Å²) in [5.74, 6) is 1.47. The Hall–Kier alpha value is -1.39. The Morgan fingerprint density at radius 1 is 1.32 bits per heavy atom. The van der Waals surface area contributed by atoms with E-state index in [0.29, 0.717) is 25.1 Å². The van der Waals surface area contributed by atoms with E-state index in [1.807, 2.05) is 37.4 Å². The molecule has 28 heavy (non-hydrogen) atoms. The Morgan fingerprint density at radius 3 is 2.82 bits per heavy atom. The molecular weight excluding hydrogens is 485 g/mol. The first-order chi connectivity index (χ1) is 13.3. The Labute approximate surface area is 188 Å². The number of aliphatic imine (C=N–C) groups is 1. The highest BCUT2D eigenvalue weighted by Gasteiger charge is 2.24. The lowest BCUT2D eigenvalue weighted by molar-refractivity contribution is 0.249. The molecule has 1 aliphatic rings. The first kappa shape index (κ1) is 22.9. The van der Waals surface area contributed by atoms with E-state index in [1.165, 1.54) is 30.8 Å². The lowest BCUT2D eigenvalue weighted by Gasteiger charge is -2.27. The molecule has 3 heterocycles. The van der Waals surface area contributed by atoms with Crippen molar-refractivity contribution in [2.45, 2.75) is 32.4 Å². The largest absolute Gasteiger partial charge is 0.478 e. The van der Waals surface area contributed by atoms with E-state index < -0.39 is 0 Å². The van der Waals surface area contributed by atoms with E-state index in [9.17, 15) is 0 Å². The van der Waals surface area contributed by atoms with Gasteiger partial charge in [-0.2, -0.15) is 0 Å². The summed E-state index contributed by atoms with van der Waals surface area (Å²) in [7, 11) is 1.81. The second kappa shape index (κ2) is 12.2. The smallest absolute Gasteiger partial charge is 0.213 e. The summed E-state index contributed by atoms with van der Waals surface area (Å²) in [6, 6.07) is 8.72. The summed E-state index contributed by atoms with van der Waals surface area (Å²) in [6.45, 7) is 6.45. The van der Waals surface area contributed by atoms with Gasteiger partial charge in [0, 0.05) is 37.3 Å². The summed E-state index contributed by atoms with van der Waals surface area (Å²) in [4.78, 5) is 12.6. The van der Waals surface area contributed by atoms with Crippen LogP contribution < -0.4 is 15.4 Å². The predicted octanol–water partition coefficient (Wildman–Crippen LogP) is 3.66. The molecule has 0 amide bonds. The van der Waals surface area contributed by atoms with E-state index in [1.54, 1.807) is 6.20 Å². The van der Waals surface area contributed by atoms with Gasteiger partial charge in [-0.3, -0.25) is 9.89 Å². The monoisotopic (exact) mass is 515 g/mol. The highest BCUT2D eigenvalue weighted by molar-refractivity contribution is 14.0. The zero-order valence-corrected chi connectivity index (χ0v) is 19.7. The van der Waals surface area contributed by atoms with Gasteiger partial charge in [0.25, 0.3) is 0 Å². The van der Waals surface area contributed by atoms with E-state index in [-0.39, 0.29) is 24.0 Å². The van der Waals surface area contributed by atoms with Crippen LogP contribution in [-0.4, -0.2) is 49.1 Å². The molecule has 1 atom stereocenters. The van der Waals surface area contributed by atoms with Crippen molar-refractivity contribution in [2.24, 2.45) is 4.99 Å². The van der Waals surface area contributed by atoms with Gasteiger partial charge in [0.1, 0.15) is 0 Å². The third-order valence-corrected chi connectivity index (χ3v) is 5.66. The number of thiophene rings is 1. The molecule has 0 aromatic carbocycles. The Balaban J connectivity index is 0.00000280. The molecular formula is C20H30IN5OS. The third kappa shape index (κ3) is 6.59. The Bertz CT molecular complexity index is 719. The van der Waals surface area contributed by atoms with Crippen LogP contribution >= 0.6 is 35.3 Å². The maximum absolute atomic E-state index is 5.47. The number of rotatable bonds is 8. The summed E-state index contributed by atoms with van der Waals surface area (Å²) in [5.41, 5.74) is 1.12. The van der Waals surface area contributed by atoms with Crippen LogP contribution in [0.2, 0.25) is 0 Å². The Kier molecular flexibility index (Phi) is 10.0. The molecule has 0 bridgehead atoms. The van der Waals surface area contributed by atoms with Gasteiger partial charge in [-0.25, -0.2) is 4.98 Å². The molecule has 0 radical (unpaired) electrons. The van der Waals surface area contributed by atoms with E-state index in [0.717, 1.165) is 18.1 Å². The van der Waals surface area contributed by atoms with Gasteiger partial charge in [-0.15, -0.1) is 35.3 Å². The van der Waals surface area contributed by atoms with E-state index in [4.69, 9.17) is 4.74 Å². The first-order valence-corrected chi connectivity index (χ1v) is 10.5. The minimum Gasteiger partial charge on any atom is -0.478 e. The first-order valence-electron chi connectivity index (χ1n) is 9.60. The average Bonchev–Trinajstić information content (AvgIpc) is 3.40. The van der Waals surface area contributed by atoms with Crippen LogP contribution in [0.5, 0.6) is 5.88 Å². The molecule has 1 unspecified atom stereocenters. The van der Waals surface area contributed by atoms with E-state index in [2.05, 4.69) is 43.0 Å². The fraction of sp³-hybridized carbons (Fsp3) is 0.500. The number of halogens is 1. The number of nitrogens with one attached hydrogen (secondary N) is 2. The number of nitrogens with zero attached hydrogens (tertiary/aromatic N) is 3. The maximum Gasteiger partial charge on any atom is 0.213 e. The number of ether oxygens (including phenoxy) is 1. The van der Waals surface area contributed by atoms with Crippen molar-refractivity contribution in [1.29, 1.82) is 0 Å². The van der Waals surface area contributed by atoms with Crippen LogP contribution in [0.4, 0.5) is 0 Å². The normalized spacial score (nSPS) is 15.7. The highest BCUT2D eigenvalue weighted by atomic mass is 127. The van der Waals surface area contributed by atoms with Crippen LogP contribution in [0.15, 0.2) is 40.8 Å². The highest BCUT2D eigenvalue weighted by Crippen LogP contribution is 2.27. The summed E-state index contributed by atoms with van der Waals surface area (Å²) in [6.07, 6.45) is 4.36. The summed E-state index contributed by atoms with van der Waals surface area (Å²) < 4.78 is 5.47. The van der Waals surface area contributed by atoms with Crippen molar-refractivity contribution in [3.63, 3.8) is 0 Å². The third-order valence-electron chi connectivity index (χ3n) is 4.69. The van der Waals surface area contributed by atoms with Crippen molar-refractivity contribution in [3.8, 4) is 5.88 Å². The fourth-order valence-corrected chi connectivity index (χ4v) is 4.19. The topological polar surface area (TPSA) is 61.8 Å². The van der Waals surface area contributed by atoms with Gasteiger partial charge in [0.15, 0.2) is 5.96 Å². The predicted molar refractivity (Wildman–Crippen MR) is 127 cm³/mol. The summed E-state index contributed by atoms with van der Waals surface area (Å²) in [5, 5.41) is 9.05. The molecule has 8 heteroatoms. The number of likely N-dealkylation sites (tertiary alicyclic amines) is 1. The number of hydrogen-bond donors (Lipinski definition) is 2. The second-order valence-corrected chi connectivity index (χ2v) is 7.50. The number of aromatic nitrogens is 1. The average molecular weight is 515 g/mol. The molecule has 1 saturated heterocycles. The number of pyridine rings is 1. The molecule has 154 valence electrons. The van der Waals surface area contributed by atoms with Gasteiger partial charge >= 0.3 is 0 Å². The van der Waals surface area contributed by atoms with Crippen molar-refractivity contribution in [1.82, 2.24) is 20.5 Å². The van der Waals surface area contributed by atoms with Crippen LogP contribution in [0, 0.1) is 0 Å². The van der Waals surface area contributed by atoms with Crippen molar-refractivity contribution in [2.75, 3.05) is 33.3 Å². The van der Waals surface area contributed by atoms with Crippen LogP contribution in [0.1, 0.15) is 36.2 Å². The molecule has 0 spiro atoms. The zero-order valence-electron chi connectivity index (χ0n) is 16.6. The standard InChI is InChI=1S/C20H29N5OS.HI/c1-3-26-19-13-16(8-9-22-19)14-23-20(21-2)24-15-17(18-7-6-12-27-18)25-10-4-5-11-25;/h6-9,12-13,17H,3-5,10-11,14-15H2,1-2H3,(H2,21,23,24);1H. The second-order valence-electron chi connectivity index (χ2n) is 6.52. The minimum absolute atomic E-state index is 0. The molecule has 3 rings (SSSR count). The van der Waals surface area contributed by atoms with Crippen LogP contribution in [0.25, 0.3) is 0 Å². The maximum atomic E-state index is 5.47. The van der Waals surface area contributed by atoms with Crippen molar-refractivity contribution < 1.29 is 4.74 Å². The quantitative estimate of drug-likeness (QED) is 0.319. The summed E-state index contributed by atoms with van der Waals surface area (Å²) >= 11 is 1.83. The molecule has 0 aliphatic carbocycles. The Morgan fingerprint density at radius 2 is 2.14 bits per heavy atom. The molecule has 2 N–H and O–H groups in total. The van der Waals surface area contributed by atoms with Crippen LogP contribution in [-0.2, 0) is 6.54 Å². The van der Waals surface area contributed by atoms with Gasteiger partial charge in [0.05, 0.1) is 12.6 Å². The molecule has 1 fully saturated rings. The van der Waals surface area contributed by atoms with Crippen molar-refractivity contribution >= 4 is 41.3 Å². The lowest BCUT2D eigenvalue weighted by atomic mass is 10.2. The lowest BCUT2D eigenvalue weighted by Crippen LogP contribution is -2.42. The molecule has 1 aliphatic heterocycles. The zero-order chi connectivity index (χ0) is 18.9. The number of hydrogen-bond acceptors (Lipinski definition) is 5. The number of guanidine groups is 1. The van der Waals surface area contributed by atoms with Gasteiger partial charge in [-0.1, -0.05) is 6.07 Å². The SMILES string of the molecule is CCOc1cc(CNC(=NC)NCC(c2cccs2)N2CCCC2)ccn1.I. The van der Waals surface area contributed by atoms with E-state index >= 15 is 0 Å². The molecule has 6 nitrogen and oxygen atoms in total. The molecule has 2 aromatic heterocycles. The molecule has 0 saturated carbocycles. The fourth-order valence-electron chi connectivity index (χ4n) is 3.33. The van der Waals surface area contributed by atoms with Gasteiger partial charge in [-0.05, 0) is 55.9 Å². The van der Waals surface area contributed by atoms with Crippen LogP contribution in [0.3, 0.4) is 0 Å². The van der Waals surface area contributed by atoms with Gasteiger partial charge < -0.3 is 15.4 Å². The van der Waals surface area contributed by atoms with Crippen molar-refractivity contribution in [3.05, 3.63) is 46.3 Å². The van der Waals surface area contributed by atoms with Gasteiger partial charge in [0.2, 0.25) is 5.88 Å². The minimum atomic E-state index is 0.